The third kappa shape index (κ3) is 4.52. The lowest BCUT2D eigenvalue weighted by atomic mass is 10.1. The van der Waals surface area contributed by atoms with Gasteiger partial charge in [-0.3, -0.25) is 9.69 Å². The number of carbonyl (C=O) groups is 1. The van der Waals surface area contributed by atoms with Gasteiger partial charge in [-0.05, 0) is 65.8 Å². The van der Waals surface area contributed by atoms with Crippen molar-refractivity contribution in [1.82, 2.24) is 4.90 Å². The van der Waals surface area contributed by atoms with Gasteiger partial charge in [-0.1, -0.05) is 24.3 Å². The van der Waals surface area contributed by atoms with E-state index in [1.165, 1.54) is 16.8 Å². The summed E-state index contributed by atoms with van der Waals surface area (Å²) in [5.41, 5.74) is 4.90. The Bertz CT molecular complexity index is 754. The van der Waals surface area contributed by atoms with Gasteiger partial charge in [-0.25, -0.2) is 0 Å². The first kappa shape index (κ1) is 18.2. The van der Waals surface area contributed by atoms with Crippen LogP contribution in [0, 0.1) is 17.4 Å². The molecule has 2 aromatic carbocycles. The van der Waals surface area contributed by atoms with Crippen LogP contribution >= 0.6 is 22.6 Å². The number of nitrogens with zero attached hydrogens (tertiary/aromatic N) is 2. The summed E-state index contributed by atoms with van der Waals surface area (Å²) in [7, 11) is 0. The highest BCUT2D eigenvalue weighted by molar-refractivity contribution is 14.1. The van der Waals surface area contributed by atoms with Gasteiger partial charge in [0.1, 0.15) is 0 Å². The predicted molar refractivity (Wildman–Crippen MR) is 112 cm³/mol. The van der Waals surface area contributed by atoms with Crippen LogP contribution in [-0.4, -0.2) is 43.5 Å². The van der Waals surface area contributed by atoms with E-state index in [2.05, 4.69) is 69.8 Å². The van der Waals surface area contributed by atoms with Crippen molar-refractivity contribution in [2.45, 2.75) is 13.8 Å². The van der Waals surface area contributed by atoms with Gasteiger partial charge in [0.15, 0.2) is 0 Å². The van der Waals surface area contributed by atoms with E-state index in [9.17, 15) is 4.79 Å². The molecule has 0 radical (unpaired) electrons. The lowest BCUT2D eigenvalue weighted by molar-refractivity contribution is -0.117. The number of hydrogen-bond donors (Lipinski definition) is 1. The van der Waals surface area contributed by atoms with E-state index >= 15 is 0 Å². The first-order chi connectivity index (χ1) is 12.0. The second-order valence-electron chi connectivity index (χ2n) is 6.51. The highest BCUT2D eigenvalue weighted by atomic mass is 127. The maximum absolute atomic E-state index is 12.3. The van der Waals surface area contributed by atoms with Crippen LogP contribution in [0.3, 0.4) is 0 Å². The Balaban J connectivity index is 1.53. The number of aryl methyl sites for hydroxylation is 1. The molecule has 132 valence electrons. The number of halogens is 1. The molecule has 1 saturated heterocycles. The minimum absolute atomic E-state index is 0.0595. The molecule has 0 aliphatic carbocycles. The second-order valence-corrected chi connectivity index (χ2v) is 7.67. The summed E-state index contributed by atoms with van der Waals surface area (Å²) < 4.78 is 1.06. The van der Waals surface area contributed by atoms with Crippen molar-refractivity contribution < 1.29 is 4.79 Å². The van der Waals surface area contributed by atoms with Crippen molar-refractivity contribution in [2.24, 2.45) is 0 Å². The summed E-state index contributed by atoms with van der Waals surface area (Å²) in [6, 6.07) is 14.3. The van der Waals surface area contributed by atoms with Crippen LogP contribution in [-0.2, 0) is 4.79 Å². The molecular formula is C20H24IN3O. The average Bonchev–Trinajstić information content (AvgIpc) is 2.60. The molecule has 4 nitrogen and oxygen atoms in total. The number of benzene rings is 2. The minimum Gasteiger partial charge on any atom is -0.369 e. The fourth-order valence-corrected chi connectivity index (χ4v) is 3.70. The summed E-state index contributed by atoms with van der Waals surface area (Å²) in [6.07, 6.45) is 0. The maximum atomic E-state index is 12.3. The van der Waals surface area contributed by atoms with Crippen LogP contribution in [0.4, 0.5) is 11.4 Å². The Morgan fingerprint density at radius 1 is 1.04 bits per heavy atom. The lowest BCUT2D eigenvalue weighted by Gasteiger charge is -2.36. The highest BCUT2D eigenvalue weighted by Gasteiger charge is 2.20. The summed E-state index contributed by atoms with van der Waals surface area (Å²) in [6.45, 7) is 8.53. The van der Waals surface area contributed by atoms with Crippen LogP contribution < -0.4 is 10.2 Å². The smallest absolute Gasteiger partial charge is 0.238 e. The highest BCUT2D eigenvalue weighted by Crippen LogP contribution is 2.24. The fraction of sp³-hybridized carbons (Fsp3) is 0.350. The van der Waals surface area contributed by atoms with Gasteiger partial charge in [0.2, 0.25) is 5.91 Å². The Morgan fingerprint density at radius 2 is 1.76 bits per heavy atom. The zero-order valence-corrected chi connectivity index (χ0v) is 16.9. The lowest BCUT2D eigenvalue weighted by Crippen LogP contribution is -2.48. The number of anilines is 2. The van der Waals surface area contributed by atoms with E-state index in [0.29, 0.717) is 6.54 Å². The molecule has 0 aromatic heterocycles. The Labute approximate surface area is 163 Å². The topological polar surface area (TPSA) is 35.6 Å². The molecule has 0 unspecified atom stereocenters. The number of rotatable bonds is 4. The van der Waals surface area contributed by atoms with Crippen LogP contribution in [0.1, 0.15) is 11.1 Å². The summed E-state index contributed by atoms with van der Waals surface area (Å²) in [5, 5.41) is 3.02. The molecule has 1 amide bonds. The van der Waals surface area contributed by atoms with Gasteiger partial charge in [0.25, 0.3) is 0 Å². The quantitative estimate of drug-likeness (QED) is 0.724. The van der Waals surface area contributed by atoms with E-state index in [1.807, 2.05) is 24.3 Å². The zero-order chi connectivity index (χ0) is 17.8. The summed E-state index contributed by atoms with van der Waals surface area (Å²) in [5.74, 6) is 0.0595. The van der Waals surface area contributed by atoms with Gasteiger partial charge < -0.3 is 10.2 Å². The molecule has 0 spiro atoms. The molecule has 25 heavy (non-hydrogen) atoms. The van der Waals surface area contributed by atoms with Crippen LogP contribution in [0.25, 0.3) is 0 Å². The average molecular weight is 449 g/mol. The molecule has 3 rings (SSSR count). The largest absolute Gasteiger partial charge is 0.369 e. The van der Waals surface area contributed by atoms with Gasteiger partial charge in [-0.15, -0.1) is 0 Å². The molecule has 1 N–H and O–H groups in total. The van der Waals surface area contributed by atoms with Crippen molar-refractivity contribution in [3.05, 3.63) is 57.2 Å². The van der Waals surface area contributed by atoms with Crippen molar-refractivity contribution in [2.75, 3.05) is 42.9 Å². The predicted octanol–water partition coefficient (Wildman–Crippen LogP) is 3.67. The number of piperazine rings is 1. The molecule has 1 heterocycles. The molecule has 0 atom stereocenters. The van der Waals surface area contributed by atoms with E-state index in [1.54, 1.807) is 0 Å². The van der Waals surface area contributed by atoms with Gasteiger partial charge in [-0.2, -0.15) is 0 Å². The SMILES string of the molecule is Cc1cccc(N2CCN(CC(=O)Nc3ccccc3I)CC2)c1C. The van der Waals surface area contributed by atoms with Gasteiger partial charge >= 0.3 is 0 Å². The molecule has 0 bridgehead atoms. The summed E-state index contributed by atoms with van der Waals surface area (Å²) >= 11 is 2.24. The zero-order valence-electron chi connectivity index (χ0n) is 14.8. The number of para-hydroxylation sites is 1. The second kappa shape index (κ2) is 8.19. The first-order valence-electron chi connectivity index (χ1n) is 8.62. The number of carbonyl (C=O) groups excluding carboxylic acids is 1. The number of nitrogens with one attached hydrogen (secondary N) is 1. The summed E-state index contributed by atoms with van der Waals surface area (Å²) in [4.78, 5) is 17.0. The normalized spacial score (nSPS) is 15.2. The van der Waals surface area contributed by atoms with E-state index in [4.69, 9.17) is 0 Å². The van der Waals surface area contributed by atoms with Crippen molar-refractivity contribution >= 4 is 39.9 Å². The first-order valence-corrected chi connectivity index (χ1v) is 9.70. The molecule has 2 aromatic rings. The third-order valence-corrected chi connectivity index (χ3v) is 5.74. The van der Waals surface area contributed by atoms with Gasteiger partial charge in [0, 0.05) is 35.4 Å². The number of hydrogen-bond acceptors (Lipinski definition) is 3. The number of amides is 1. The molecule has 1 fully saturated rings. The maximum Gasteiger partial charge on any atom is 0.238 e. The van der Waals surface area contributed by atoms with E-state index in [0.717, 1.165) is 35.4 Å². The van der Waals surface area contributed by atoms with E-state index in [-0.39, 0.29) is 5.91 Å². The standard InChI is InChI=1S/C20H24IN3O/c1-15-6-5-9-19(16(15)2)24-12-10-23(11-13-24)14-20(25)22-18-8-4-3-7-17(18)21/h3-9H,10-14H2,1-2H3,(H,22,25). The molecule has 1 aliphatic heterocycles. The molecule has 5 heteroatoms. The monoisotopic (exact) mass is 449 g/mol. The van der Waals surface area contributed by atoms with E-state index < -0.39 is 0 Å². The van der Waals surface area contributed by atoms with Crippen LogP contribution in [0.5, 0.6) is 0 Å². The van der Waals surface area contributed by atoms with Gasteiger partial charge in [0.05, 0.1) is 12.2 Å². The minimum atomic E-state index is 0.0595. The molecule has 0 saturated carbocycles. The van der Waals surface area contributed by atoms with Crippen molar-refractivity contribution in [3.8, 4) is 0 Å². The van der Waals surface area contributed by atoms with Crippen molar-refractivity contribution in [1.29, 1.82) is 0 Å². The van der Waals surface area contributed by atoms with Crippen molar-refractivity contribution in [3.63, 3.8) is 0 Å². The van der Waals surface area contributed by atoms with Crippen LogP contribution in [0.2, 0.25) is 0 Å². The molecular weight excluding hydrogens is 425 g/mol. The third-order valence-electron chi connectivity index (χ3n) is 4.80. The Hall–Kier alpha value is -1.60. The fourth-order valence-electron chi connectivity index (χ4n) is 3.18. The Kier molecular flexibility index (Phi) is 5.96. The molecule has 1 aliphatic rings. The van der Waals surface area contributed by atoms with Crippen LogP contribution in [0.15, 0.2) is 42.5 Å². The Morgan fingerprint density at radius 3 is 2.48 bits per heavy atom.